The standard InChI is InChI=1S/C15H12N2O2/c18-15-10-14(16-13-8-4-5-9-17(13)15)19-11-12-6-2-1-3-7-12/h1-10H,11H2. The van der Waals surface area contributed by atoms with Crippen LogP contribution in [-0.4, -0.2) is 9.38 Å². The molecule has 19 heavy (non-hydrogen) atoms. The van der Waals surface area contributed by atoms with Gasteiger partial charge in [-0.3, -0.25) is 9.20 Å². The Hall–Kier alpha value is -2.62. The number of fused-ring (bicyclic) bond motifs is 1. The average Bonchev–Trinajstić information content (AvgIpc) is 2.46. The largest absolute Gasteiger partial charge is 0.473 e. The van der Waals surface area contributed by atoms with Crippen molar-refractivity contribution >= 4 is 5.65 Å². The lowest BCUT2D eigenvalue weighted by Crippen LogP contribution is -2.14. The average molecular weight is 252 g/mol. The number of pyridine rings is 1. The van der Waals surface area contributed by atoms with E-state index in [1.165, 1.54) is 10.5 Å². The molecule has 0 aliphatic carbocycles. The van der Waals surface area contributed by atoms with Crippen molar-refractivity contribution in [3.8, 4) is 5.88 Å². The van der Waals surface area contributed by atoms with Gasteiger partial charge in [0.15, 0.2) is 0 Å². The van der Waals surface area contributed by atoms with Crippen molar-refractivity contribution in [2.45, 2.75) is 6.61 Å². The fourth-order valence-electron chi connectivity index (χ4n) is 1.84. The Kier molecular flexibility index (Phi) is 2.98. The summed E-state index contributed by atoms with van der Waals surface area (Å²) in [7, 11) is 0. The van der Waals surface area contributed by atoms with Crippen LogP contribution in [0.15, 0.2) is 65.6 Å². The third-order valence-electron chi connectivity index (χ3n) is 2.78. The Morgan fingerprint density at radius 2 is 1.84 bits per heavy atom. The molecule has 0 unspecified atom stereocenters. The van der Waals surface area contributed by atoms with E-state index in [4.69, 9.17) is 4.74 Å². The Morgan fingerprint density at radius 1 is 1.05 bits per heavy atom. The molecule has 0 bridgehead atoms. The number of hydrogen-bond acceptors (Lipinski definition) is 3. The van der Waals surface area contributed by atoms with Gasteiger partial charge in [0.05, 0.1) is 6.07 Å². The van der Waals surface area contributed by atoms with E-state index in [-0.39, 0.29) is 5.56 Å². The van der Waals surface area contributed by atoms with Crippen LogP contribution in [0.5, 0.6) is 5.88 Å². The molecule has 0 saturated carbocycles. The third kappa shape index (κ3) is 2.47. The van der Waals surface area contributed by atoms with Gasteiger partial charge in [0.2, 0.25) is 5.88 Å². The highest BCUT2D eigenvalue weighted by molar-refractivity contribution is 5.39. The lowest BCUT2D eigenvalue weighted by molar-refractivity contribution is 0.294. The van der Waals surface area contributed by atoms with E-state index in [1.54, 1.807) is 18.3 Å². The highest BCUT2D eigenvalue weighted by Crippen LogP contribution is 2.08. The topological polar surface area (TPSA) is 43.6 Å². The van der Waals surface area contributed by atoms with Crippen LogP contribution in [0.2, 0.25) is 0 Å². The number of ether oxygens (including phenoxy) is 1. The number of rotatable bonds is 3. The SMILES string of the molecule is O=c1cc(OCc2ccccc2)nc2ccccn12. The number of aromatic nitrogens is 2. The van der Waals surface area contributed by atoms with Gasteiger partial charge in [-0.25, -0.2) is 0 Å². The van der Waals surface area contributed by atoms with Crippen molar-refractivity contribution in [2.75, 3.05) is 0 Å². The Bertz CT molecular complexity index is 751. The summed E-state index contributed by atoms with van der Waals surface area (Å²) in [4.78, 5) is 16.1. The first-order valence-electron chi connectivity index (χ1n) is 5.98. The molecule has 1 aromatic carbocycles. The van der Waals surface area contributed by atoms with Gasteiger partial charge in [-0.15, -0.1) is 0 Å². The second kappa shape index (κ2) is 4.94. The maximum atomic E-state index is 11.9. The van der Waals surface area contributed by atoms with Crippen LogP contribution in [0.4, 0.5) is 0 Å². The monoisotopic (exact) mass is 252 g/mol. The summed E-state index contributed by atoms with van der Waals surface area (Å²) in [5.74, 6) is 0.347. The maximum absolute atomic E-state index is 11.9. The van der Waals surface area contributed by atoms with Gasteiger partial charge in [-0.2, -0.15) is 4.98 Å². The van der Waals surface area contributed by atoms with Crippen molar-refractivity contribution in [3.63, 3.8) is 0 Å². The minimum Gasteiger partial charge on any atom is -0.473 e. The van der Waals surface area contributed by atoms with E-state index in [2.05, 4.69) is 4.98 Å². The zero-order valence-corrected chi connectivity index (χ0v) is 10.2. The smallest absolute Gasteiger partial charge is 0.261 e. The van der Waals surface area contributed by atoms with Gasteiger partial charge < -0.3 is 4.74 Å². The molecule has 0 N–H and O–H groups in total. The van der Waals surface area contributed by atoms with Crippen molar-refractivity contribution in [1.82, 2.24) is 9.38 Å². The van der Waals surface area contributed by atoms with Crippen molar-refractivity contribution < 1.29 is 4.74 Å². The molecule has 2 aromatic heterocycles. The quantitative estimate of drug-likeness (QED) is 0.718. The lowest BCUT2D eigenvalue weighted by Gasteiger charge is -2.06. The molecule has 0 spiro atoms. The number of benzene rings is 1. The molecule has 94 valence electrons. The van der Waals surface area contributed by atoms with E-state index >= 15 is 0 Å². The summed E-state index contributed by atoms with van der Waals surface area (Å²) in [5, 5.41) is 0. The summed E-state index contributed by atoms with van der Waals surface area (Å²) in [6, 6.07) is 16.6. The van der Waals surface area contributed by atoms with Crippen LogP contribution in [0.1, 0.15) is 5.56 Å². The van der Waals surface area contributed by atoms with Gasteiger partial charge in [0, 0.05) is 6.20 Å². The van der Waals surface area contributed by atoms with Crippen LogP contribution >= 0.6 is 0 Å². The fraction of sp³-hybridized carbons (Fsp3) is 0.0667. The summed E-state index contributed by atoms with van der Waals surface area (Å²) < 4.78 is 7.04. The summed E-state index contributed by atoms with van der Waals surface area (Å²) >= 11 is 0. The summed E-state index contributed by atoms with van der Waals surface area (Å²) in [6.07, 6.45) is 1.69. The van der Waals surface area contributed by atoms with E-state index in [1.807, 2.05) is 36.4 Å². The van der Waals surface area contributed by atoms with Gasteiger partial charge in [0.25, 0.3) is 5.56 Å². The zero-order chi connectivity index (χ0) is 13.1. The highest BCUT2D eigenvalue weighted by Gasteiger charge is 2.02. The van der Waals surface area contributed by atoms with Gasteiger partial charge >= 0.3 is 0 Å². The number of hydrogen-bond donors (Lipinski definition) is 0. The maximum Gasteiger partial charge on any atom is 0.261 e. The molecule has 0 amide bonds. The van der Waals surface area contributed by atoms with E-state index in [0.717, 1.165) is 5.56 Å². The number of nitrogens with zero attached hydrogens (tertiary/aromatic N) is 2. The van der Waals surface area contributed by atoms with Crippen molar-refractivity contribution in [2.24, 2.45) is 0 Å². The highest BCUT2D eigenvalue weighted by atomic mass is 16.5. The molecule has 0 atom stereocenters. The predicted octanol–water partition coefficient (Wildman–Crippen LogP) is 2.27. The van der Waals surface area contributed by atoms with Gasteiger partial charge in [-0.05, 0) is 17.7 Å². The molecule has 0 aliphatic heterocycles. The Balaban J connectivity index is 1.88. The molecule has 4 nitrogen and oxygen atoms in total. The minimum atomic E-state index is -0.145. The van der Waals surface area contributed by atoms with Crippen LogP contribution in [0.25, 0.3) is 5.65 Å². The van der Waals surface area contributed by atoms with Gasteiger partial charge in [0.1, 0.15) is 12.3 Å². The lowest BCUT2D eigenvalue weighted by atomic mass is 10.2. The second-order valence-corrected chi connectivity index (χ2v) is 4.14. The van der Waals surface area contributed by atoms with Crippen molar-refractivity contribution in [1.29, 1.82) is 0 Å². The van der Waals surface area contributed by atoms with Crippen LogP contribution in [-0.2, 0) is 6.61 Å². The summed E-state index contributed by atoms with van der Waals surface area (Å²) in [5.41, 5.74) is 1.48. The third-order valence-corrected chi connectivity index (χ3v) is 2.78. The first-order valence-corrected chi connectivity index (χ1v) is 5.98. The first kappa shape index (κ1) is 11.5. The van der Waals surface area contributed by atoms with Crippen molar-refractivity contribution in [3.05, 3.63) is 76.7 Å². The molecule has 2 heterocycles. The van der Waals surface area contributed by atoms with Crippen LogP contribution in [0.3, 0.4) is 0 Å². The van der Waals surface area contributed by atoms with E-state index in [0.29, 0.717) is 18.1 Å². The fourth-order valence-corrected chi connectivity index (χ4v) is 1.84. The van der Waals surface area contributed by atoms with Gasteiger partial charge in [-0.1, -0.05) is 36.4 Å². The molecule has 3 aromatic rings. The molecular weight excluding hydrogens is 240 g/mol. The minimum absolute atomic E-state index is 0.145. The predicted molar refractivity (Wildman–Crippen MR) is 72.2 cm³/mol. The molecule has 0 fully saturated rings. The molecule has 4 heteroatoms. The van der Waals surface area contributed by atoms with E-state index < -0.39 is 0 Å². The first-order chi connectivity index (χ1) is 9.33. The second-order valence-electron chi connectivity index (χ2n) is 4.14. The summed E-state index contributed by atoms with van der Waals surface area (Å²) in [6.45, 7) is 0.399. The Labute approximate surface area is 109 Å². The van der Waals surface area contributed by atoms with Crippen LogP contribution in [0, 0.1) is 0 Å². The van der Waals surface area contributed by atoms with Crippen LogP contribution < -0.4 is 10.3 Å². The molecule has 0 aliphatic rings. The Morgan fingerprint density at radius 3 is 2.68 bits per heavy atom. The molecule has 3 rings (SSSR count). The zero-order valence-electron chi connectivity index (χ0n) is 10.2. The molecular formula is C15H12N2O2. The normalized spacial score (nSPS) is 10.5. The molecule has 0 radical (unpaired) electrons. The van der Waals surface area contributed by atoms with E-state index in [9.17, 15) is 4.79 Å². The molecule has 0 saturated heterocycles.